The summed E-state index contributed by atoms with van der Waals surface area (Å²) in [6.07, 6.45) is 0.275. The van der Waals surface area contributed by atoms with Gasteiger partial charge in [-0.25, -0.2) is 0 Å². The van der Waals surface area contributed by atoms with Gasteiger partial charge in [-0.15, -0.1) is 11.8 Å². The van der Waals surface area contributed by atoms with Crippen LogP contribution in [0, 0.1) is 0 Å². The Hall–Kier alpha value is -2.47. The zero-order valence-corrected chi connectivity index (χ0v) is 17.7. The molecule has 29 heavy (non-hydrogen) atoms. The van der Waals surface area contributed by atoms with E-state index >= 15 is 0 Å². The minimum atomic E-state index is -0.113. The van der Waals surface area contributed by atoms with Gasteiger partial charge in [0.1, 0.15) is 0 Å². The molecule has 0 unspecified atom stereocenters. The quantitative estimate of drug-likeness (QED) is 0.445. The van der Waals surface area contributed by atoms with Gasteiger partial charge in [0.25, 0.3) is 0 Å². The van der Waals surface area contributed by atoms with E-state index in [1.54, 1.807) is 36.4 Å². The van der Waals surface area contributed by atoms with Crippen LogP contribution in [-0.2, 0) is 16.0 Å². The van der Waals surface area contributed by atoms with E-state index in [1.165, 1.54) is 11.8 Å². The number of benzene rings is 3. The van der Waals surface area contributed by atoms with Crippen molar-refractivity contribution in [2.24, 2.45) is 0 Å². The lowest BCUT2D eigenvalue weighted by molar-refractivity contribution is -0.115. The maximum absolute atomic E-state index is 12.2. The standard InChI is InChI=1S/C22H18Cl2N2O2S/c23-16-6-4-15(5-7-16)12-21(27)25-18-8-10-20(11-9-18)29-14-22(28)26-19-3-1-2-17(24)13-19/h1-11,13H,12,14H2,(H,25,27)(H,26,28). The lowest BCUT2D eigenvalue weighted by Crippen LogP contribution is -2.14. The van der Waals surface area contributed by atoms with Crippen LogP contribution < -0.4 is 10.6 Å². The summed E-state index contributed by atoms with van der Waals surface area (Å²) in [5.41, 5.74) is 2.27. The smallest absolute Gasteiger partial charge is 0.234 e. The van der Waals surface area contributed by atoms with Crippen molar-refractivity contribution >= 4 is 58.2 Å². The number of anilines is 2. The third kappa shape index (κ3) is 7.13. The number of halogens is 2. The monoisotopic (exact) mass is 444 g/mol. The van der Waals surface area contributed by atoms with Gasteiger partial charge in [-0.05, 0) is 60.2 Å². The van der Waals surface area contributed by atoms with E-state index in [0.717, 1.165) is 10.5 Å². The van der Waals surface area contributed by atoms with Crippen molar-refractivity contribution in [3.8, 4) is 0 Å². The Labute approximate surface area is 183 Å². The second kappa shape index (κ2) is 10.3. The van der Waals surface area contributed by atoms with Gasteiger partial charge in [0, 0.05) is 26.3 Å². The predicted molar refractivity (Wildman–Crippen MR) is 121 cm³/mol. The maximum Gasteiger partial charge on any atom is 0.234 e. The number of carbonyl (C=O) groups excluding carboxylic acids is 2. The first-order valence-electron chi connectivity index (χ1n) is 8.80. The lowest BCUT2D eigenvalue weighted by atomic mass is 10.1. The molecule has 0 aliphatic rings. The highest BCUT2D eigenvalue weighted by Gasteiger charge is 2.07. The third-order valence-corrected chi connectivity index (χ3v) is 5.39. The summed E-state index contributed by atoms with van der Waals surface area (Å²) in [5.74, 6) is 0.0562. The van der Waals surface area contributed by atoms with Gasteiger partial charge < -0.3 is 10.6 Å². The fourth-order valence-electron chi connectivity index (χ4n) is 2.54. The van der Waals surface area contributed by atoms with Crippen LogP contribution in [0.5, 0.6) is 0 Å². The van der Waals surface area contributed by atoms with Crippen LogP contribution in [-0.4, -0.2) is 17.6 Å². The van der Waals surface area contributed by atoms with Gasteiger partial charge in [0.05, 0.1) is 12.2 Å². The zero-order chi connectivity index (χ0) is 20.6. The van der Waals surface area contributed by atoms with Crippen molar-refractivity contribution in [3.63, 3.8) is 0 Å². The fraction of sp³-hybridized carbons (Fsp3) is 0.0909. The zero-order valence-electron chi connectivity index (χ0n) is 15.3. The van der Waals surface area contributed by atoms with E-state index in [2.05, 4.69) is 10.6 Å². The van der Waals surface area contributed by atoms with Crippen LogP contribution in [0.15, 0.2) is 77.7 Å². The summed E-state index contributed by atoms with van der Waals surface area (Å²) in [6.45, 7) is 0. The minimum Gasteiger partial charge on any atom is -0.326 e. The average Bonchev–Trinajstić information content (AvgIpc) is 2.69. The minimum absolute atomic E-state index is 0.103. The molecule has 0 heterocycles. The summed E-state index contributed by atoms with van der Waals surface area (Å²) in [5, 5.41) is 6.89. The third-order valence-electron chi connectivity index (χ3n) is 3.89. The summed E-state index contributed by atoms with van der Waals surface area (Å²) in [7, 11) is 0. The van der Waals surface area contributed by atoms with Crippen LogP contribution in [0.2, 0.25) is 10.0 Å². The summed E-state index contributed by atoms with van der Waals surface area (Å²) in [6, 6.07) is 21.6. The van der Waals surface area contributed by atoms with Gasteiger partial charge >= 0.3 is 0 Å². The number of hydrogen-bond donors (Lipinski definition) is 2. The number of nitrogens with one attached hydrogen (secondary N) is 2. The molecule has 2 amide bonds. The molecule has 0 saturated heterocycles. The topological polar surface area (TPSA) is 58.2 Å². The molecule has 0 atom stereocenters. The van der Waals surface area contributed by atoms with Crippen molar-refractivity contribution in [1.82, 2.24) is 0 Å². The number of carbonyl (C=O) groups is 2. The number of amides is 2. The molecule has 7 heteroatoms. The summed E-state index contributed by atoms with van der Waals surface area (Å²) < 4.78 is 0. The first kappa shape index (κ1) is 21.2. The van der Waals surface area contributed by atoms with Crippen molar-refractivity contribution in [1.29, 1.82) is 0 Å². The van der Waals surface area contributed by atoms with Gasteiger partial charge in [-0.1, -0.05) is 41.4 Å². The summed E-state index contributed by atoms with van der Waals surface area (Å²) in [4.78, 5) is 25.1. The molecule has 0 fully saturated rings. The Balaban J connectivity index is 1.46. The lowest BCUT2D eigenvalue weighted by Gasteiger charge is -2.08. The number of thioether (sulfide) groups is 1. The van der Waals surface area contributed by atoms with E-state index < -0.39 is 0 Å². The normalized spacial score (nSPS) is 10.4. The second-order valence-corrected chi connectivity index (χ2v) is 8.14. The Morgan fingerprint density at radius 2 is 1.45 bits per heavy atom. The largest absolute Gasteiger partial charge is 0.326 e. The molecule has 4 nitrogen and oxygen atoms in total. The molecule has 3 rings (SSSR count). The van der Waals surface area contributed by atoms with Crippen LogP contribution in [0.4, 0.5) is 11.4 Å². The molecule has 3 aromatic rings. The van der Waals surface area contributed by atoms with E-state index in [1.807, 2.05) is 36.4 Å². The molecule has 0 radical (unpaired) electrons. The van der Waals surface area contributed by atoms with E-state index in [0.29, 0.717) is 21.4 Å². The molecule has 3 aromatic carbocycles. The first-order valence-corrected chi connectivity index (χ1v) is 10.5. The highest BCUT2D eigenvalue weighted by molar-refractivity contribution is 8.00. The molecule has 0 aromatic heterocycles. The molecule has 2 N–H and O–H groups in total. The van der Waals surface area contributed by atoms with Crippen LogP contribution >= 0.6 is 35.0 Å². The SMILES string of the molecule is O=C(CSc1ccc(NC(=O)Cc2ccc(Cl)cc2)cc1)Nc1cccc(Cl)c1. The Morgan fingerprint density at radius 1 is 0.759 bits per heavy atom. The highest BCUT2D eigenvalue weighted by Crippen LogP contribution is 2.21. The van der Waals surface area contributed by atoms with Gasteiger partial charge in [0.2, 0.25) is 11.8 Å². The Morgan fingerprint density at radius 3 is 2.14 bits per heavy atom. The fourth-order valence-corrected chi connectivity index (χ4v) is 3.55. The van der Waals surface area contributed by atoms with Crippen LogP contribution in [0.3, 0.4) is 0 Å². The van der Waals surface area contributed by atoms with Crippen LogP contribution in [0.1, 0.15) is 5.56 Å². The highest BCUT2D eigenvalue weighted by atomic mass is 35.5. The van der Waals surface area contributed by atoms with Crippen molar-refractivity contribution in [2.75, 3.05) is 16.4 Å². The van der Waals surface area contributed by atoms with E-state index in [4.69, 9.17) is 23.2 Å². The summed E-state index contributed by atoms with van der Waals surface area (Å²) >= 11 is 13.2. The van der Waals surface area contributed by atoms with Gasteiger partial charge in [-0.2, -0.15) is 0 Å². The molecule has 148 valence electrons. The molecular weight excluding hydrogens is 427 g/mol. The van der Waals surface area contributed by atoms with Crippen molar-refractivity contribution in [2.45, 2.75) is 11.3 Å². The van der Waals surface area contributed by atoms with Gasteiger partial charge in [0.15, 0.2) is 0 Å². The molecule has 0 spiro atoms. The number of hydrogen-bond acceptors (Lipinski definition) is 3. The average molecular weight is 445 g/mol. The van der Waals surface area contributed by atoms with Crippen molar-refractivity contribution in [3.05, 3.63) is 88.4 Å². The molecule has 0 bridgehead atoms. The van der Waals surface area contributed by atoms with Crippen molar-refractivity contribution < 1.29 is 9.59 Å². The molecule has 0 aliphatic carbocycles. The molecule has 0 aliphatic heterocycles. The molecular formula is C22H18Cl2N2O2S. The van der Waals surface area contributed by atoms with Gasteiger partial charge in [-0.3, -0.25) is 9.59 Å². The van der Waals surface area contributed by atoms with E-state index in [9.17, 15) is 9.59 Å². The Bertz CT molecular complexity index is 992. The molecule has 0 saturated carbocycles. The van der Waals surface area contributed by atoms with Crippen LogP contribution in [0.25, 0.3) is 0 Å². The Kier molecular flexibility index (Phi) is 7.58. The van der Waals surface area contributed by atoms with E-state index in [-0.39, 0.29) is 24.0 Å². The predicted octanol–water partition coefficient (Wildman–Crippen LogP) is 5.91. The second-order valence-electron chi connectivity index (χ2n) is 6.22. The first-order chi connectivity index (χ1) is 14.0. The maximum atomic E-state index is 12.2. The number of rotatable bonds is 7.